The summed E-state index contributed by atoms with van der Waals surface area (Å²) in [5, 5.41) is 13.5. The van der Waals surface area contributed by atoms with Crippen LogP contribution in [0.3, 0.4) is 0 Å². The first-order chi connectivity index (χ1) is 7.69. The molecule has 0 bridgehead atoms. The van der Waals surface area contributed by atoms with Gasteiger partial charge in [-0.3, -0.25) is 0 Å². The van der Waals surface area contributed by atoms with Gasteiger partial charge in [0.15, 0.2) is 0 Å². The number of fused-ring (bicyclic) bond motifs is 1. The fourth-order valence-corrected chi connectivity index (χ4v) is 2.93. The number of hydrogen-bond donors (Lipinski definition) is 2. The molecule has 2 atom stereocenters. The van der Waals surface area contributed by atoms with Gasteiger partial charge >= 0.3 is 0 Å². The molecular formula is C12H14BrNO2. The number of nitrogens with one attached hydrogen (secondary N) is 1. The monoisotopic (exact) mass is 283 g/mol. The first-order valence-electron chi connectivity index (χ1n) is 5.56. The number of aliphatic hydroxyl groups is 1. The first kappa shape index (κ1) is 10.6. The van der Waals surface area contributed by atoms with Gasteiger partial charge in [0.25, 0.3) is 0 Å². The Labute approximate surface area is 103 Å². The standard InChI is InChI=1S/C12H14BrNO2/c13-8-1-2-9-10(15)6-12(3-4-14-7-12)16-11(9)5-8/h1-2,5,10,14-15H,3-4,6-7H2. The first-order valence-corrected chi connectivity index (χ1v) is 6.35. The van der Waals surface area contributed by atoms with Gasteiger partial charge in [-0.05, 0) is 18.7 Å². The lowest BCUT2D eigenvalue weighted by atomic mass is 9.88. The molecule has 1 aromatic rings. The van der Waals surface area contributed by atoms with Crippen molar-refractivity contribution in [2.45, 2.75) is 24.5 Å². The van der Waals surface area contributed by atoms with Gasteiger partial charge in [-0.2, -0.15) is 0 Å². The van der Waals surface area contributed by atoms with Gasteiger partial charge < -0.3 is 15.2 Å². The summed E-state index contributed by atoms with van der Waals surface area (Å²) >= 11 is 3.43. The van der Waals surface area contributed by atoms with Crippen LogP contribution in [0.1, 0.15) is 24.5 Å². The summed E-state index contributed by atoms with van der Waals surface area (Å²) in [4.78, 5) is 0. The summed E-state index contributed by atoms with van der Waals surface area (Å²) < 4.78 is 7.07. The summed E-state index contributed by atoms with van der Waals surface area (Å²) in [7, 11) is 0. The maximum Gasteiger partial charge on any atom is 0.127 e. The van der Waals surface area contributed by atoms with E-state index in [4.69, 9.17) is 4.74 Å². The van der Waals surface area contributed by atoms with Crippen LogP contribution in [0.4, 0.5) is 0 Å². The minimum Gasteiger partial charge on any atom is -0.485 e. The van der Waals surface area contributed by atoms with Gasteiger partial charge in [0, 0.05) is 29.4 Å². The maximum absolute atomic E-state index is 10.2. The van der Waals surface area contributed by atoms with Crippen LogP contribution in [0.15, 0.2) is 22.7 Å². The molecule has 0 radical (unpaired) electrons. The van der Waals surface area contributed by atoms with Crippen molar-refractivity contribution >= 4 is 15.9 Å². The minimum atomic E-state index is -0.406. The predicted octanol–water partition coefficient (Wildman–Crippen LogP) is 2.00. The zero-order chi connectivity index (χ0) is 11.2. The number of hydrogen-bond acceptors (Lipinski definition) is 3. The zero-order valence-electron chi connectivity index (χ0n) is 8.87. The quantitative estimate of drug-likeness (QED) is 0.765. The normalized spacial score (nSPS) is 32.5. The van der Waals surface area contributed by atoms with E-state index in [1.54, 1.807) is 0 Å². The highest BCUT2D eigenvalue weighted by Gasteiger charge is 2.42. The molecule has 2 aliphatic rings. The lowest BCUT2D eigenvalue weighted by Crippen LogP contribution is -2.42. The second-order valence-corrected chi connectivity index (χ2v) is 5.53. The number of halogens is 1. The third-order valence-corrected chi connectivity index (χ3v) is 3.92. The molecule has 16 heavy (non-hydrogen) atoms. The predicted molar refractivity (Wildman–Crippen MR) is 64.6 cm³/mol. The number of rotatable bonds is 0. The lowest BCUT2D eigenvalue weighted by Gasteiger charge is -2.37. The van der Waals surface area contributed by atoms with Crippen molar-refractivity contribution < 1.29 is 9.84 Å². The topological polar surface area (TPSA) is 41.5 Å². The molecule has 4 heteroatoms. The highest BCUT2D eigenvalue weighted by atomic mass is 79.9. The average Bonchev–Trinajstić information content (AvgIpc) is 2.65. The molecule has 1 fully saturated rings. The van der Waals surface area contributed by atoms with Crippen LogP contribution < -0.4 is 10.1 Å². The van der Waals surface area contributed by atoms with Gasteiger partial charge in [0.1, 0.15) is 11.4 Å². The van der Waals surface area contributed by atoms with Crippen LogP contribution in [-0.4, -0.2) is 23.8 Å². The Bertz CT molecular complexity index is 415. The van der Waals surface area contributed by atoms with Crippen molar-refractivity contribution in [2.75, 3.05) is 13.1 Å². The Morgan fingerprint density at radius 1 is 1.50 bits per heavy atom. The Hall–Kier alpha value is -0.580. The minimum absolute atomic E-state index is 0.201. The fourth-order valence-electron chi connectivity index (χ4n) is 2.59. The van der Waals surface area contributed by atoms with Crippen molar-refractivity contribution in [3.63, 3.8) is 0 Å². The summed E-state index contributed by atoms with van der Waals surface area (Å²) in [6, 6.07) is 5.81. The van der Waals surface area contributed by atoms with E-state index in [-0.39, 0.29) is 5.60 Å². The largest absolute Gasteiger partial charge is 0.485 e. The third kappa shape index (κ3) is 1.65. The molecule has 86 valence electrons. The molecule has 3 rings (SSSR count). The Balaban J connectivity index is 2.00. The van der Waals surface area contributed by atoms with E-state index in [1.165, 1.54) is 0 Å². The average molecular weight is 284 g/mol. The second-order valence-electron chi connectivity index (χ2n) is 4.61. The summed E-state index contributed by atoms with van der Waals surface area (Å²) in [6.45, 7) is 1.80. The molecule has 1 spiro atoms. The third-order valence-electron chi connectivity index (χ3n) is 3.43. The molecule has 0 amide bonds. The molecule has 2 unspecified atom stereocenters. The number of ether oxygens (including phenoxy) is 1. The van der Waals surface area contributed by atoms with Gasteiger partial charge in [0.2, 0.25) is 0 Å². The van der Waals surface area contributed by atoms with E-state index in [0.717, 1.165) is 35.3 Å². The van der Waals surface area contributed by atoms with Gasteiger partial charge in [-0.1, -0.05) is 22.0 Å². The molecule has 0 aliphatic carbocycles. The highest BCUT2D eigenvalue weighted by molar-refractivity contribution is 9.10. The Morgan fingerprint density at radius 2 is 2.38 bits per heavy atom. The number of benzene rings is 1. The molecular weight excluding hydrogens is 270 g/mol. The second kappa shape index (κ2) is 3.72. The van der Waals surface area contributed by atoms with Crippen LogP contribution in [-0.2, 0) is 0 Å². The maximum atomic E-state index is 10.2. The molecule has 0 aromatic heterocycles. The van der Waals surface area contributed by atoms with Gasteiger partial charge in [0.05, 0.1) is 6.10 Å². The van der Waals surface area contributed by atoms with E-state index in [0.29, 0.717) is 6.42 Å². The molecule has 1 aromatic carbocycles. The van der Waals surface area contributed by atoms with Crippen molar-refractivity contribution in [3.05, 3.63) is 28.2 Å². The van der Waals surface area contributed by atoms with Crippen LogP contribution in [0.5, 0.6) is 5.75 Å². The van der Waals surface area contributed by atoms with Crippen molar-refractivity contribution in [3.8, 4) is 5.75 Å². The summed E-state index contributed by atoms with van der Waals surface area (Å²) in [6.07, 6.45) is 1.25. The van der Waals surface area contributed by atoms with E-state index < -0.39 is 6.10 Å². The van der Waals surface area contributed by atoms with E-state index >= 15 is 0 Å². The molecule has 3 nitrogen and oxygen atoms in total. The highest BCUT2D eigenvalue weighted by Crippen LogP contribution is 2.42. The van der Waals surface area contributed by atoms with E-state index in [1.807, 2.05) is 18.2 Å². The van der Waals surface area contributed by atoms with Crippen LogP contribution in [0, 0.1) is 0 Å². The van der Waals surface area contributed by atoms with Crippen LogP contribution in [0.2, 0.25) is 0 Å². The van der Waals surface area contributed by atoms with Gasteiger partial charge in [-0.25, -0.2) is 0 Å². The molecule has 2 aliphatic heterocycles. The SMILES string of the molecule is OC1CC2(CCNC2)Oc2cc(Br)ccc21. The van der Waals surface area contributed by atoms with Crippen LogP contribution >= 0.6 is 15.9 Å². The van der Waals surface area contributed by atoms with Gasteiger partial charge in [-0.15, -0.1) is 0 Å². The van der Waals surface area contributed by atoms with Crippen molar-refractivity contribution in [1.82, 2.24) is 5.32 Å². The van der Waals surface area contributed by atoms with Crippen molar-refractivity contribution in [1.29, 1.82) is 0 Å². The summed E-state index contributed by atoms with van der Waals surface area (Å²) in [5.74, 6) is 0.817. The van der Waals surface area contributed by atoms with Crippen LogP contribution in [0.25, 0.3) is 0 Å². The number of aliphatic hydroxyl groups excluding tert-OH is 1. The molecule has 2 N–H and O–H groups in total. The Kier molecular flexibility index (Phi) is 2.46. The Morgan fingerprint density at radius 3 is 3.12 bits per heavy atom. The van der Waals surface area contributed by atoms with E-state index in [2.05, 4.69) is 21.2 Å². The van der Waals surface area contributed by atoms with E-state index in [9.17, 15) is 5.11 Å². The lowest BCUT2D eigenvalue weighted by molar-refractivity contribution is -0.000343. The summed E-state index contributed by atoms with van der Waals surface area (Å²) in [5.41, 5.74) is 0.702. The molecule has 2 heterocycles. The zero-order valence-corrected chi connectivity index (χ0v) is 10.5. The molecule has 1 saturated heterocycles. The smallest absolute Gasteiger partial charge is 0.127 e. The fraction of sp³-hybridized carbons (Fsp3) is 0.500. The van der Waals surface area contributed by atoms with Crippen molar-refractivity contribution in [2.24, 2.45) is 0 Å². The molecule has 0 saturated carbocycles.